The molecule has 0 saturated carbocycles. The molecular formula is C16H21NO3. The Morgan fingerprint density at radius 3 is 2.80 bits per heavy atom. The molecule has 1 fully saturated rings. The van der Waals surface area contributed by atoms with Gasteiger partial charge in [-0.2, -0.15) is 0 Å². The van der Waals surface area contributed by atoms with Gasteiger partial charge < -0.3 is 14.7 Å². The van der Waals surface area contributed by atoms with Crippen LogP contribution in [0.3, 0.4) is 0 Å². The van der Waals surface area contributed by atoms with Gasteiger partial charge in [-0.25, -0.2) is 0 Å². The number of carbonyl (C=O) groups excluding carboxylic acids is 1. The molecule has 0 aliphatic carbocycles. The summed E-state index contributed by atoms with van der Waals surface area (Å²) in [5.74, 6) is 0.939. The zero-order chi connectivity index (χ0) is 14.5. The van der Waals surface area contributed by atoms with Gasteiger partial charge in [0.2, 0.25) is 0 Å². The predicted molar refractivity (Wildman–Crippen MR) is 77.8 cm³/mol. The second-order valence-corrected chi connectivity index (χ2v) is 5.21. The van der Waals surface area contributed by atoms with Crippen LogP contribution in [0.2, 0.25) is 0 Å². The summed E-state index contributed by atoms with van der Waals surface area (Å²) in [4.78, 5) is 14.0. The zero-order valence-electron chi connectivity index (χ0n) is 11.8. The van der Waals surface area contributed by atoms with Gasteiger partial charge in [-0.1, -0.05) is 19.6 Å². The highest BCUT2D eigenvalue weighted by molar-refractivity contribution is 5.94. The Labute approximate surface area is 119 Å². The SMILES string of the molecule is C=CCOc1ccc(C(=O)N2CCC(C)C(O)C2)cc1. The summed E-state index contributed by atoms with van der Waals surface area (Å²) in [7, 11) is 0. The maximum absolute atomic E-state index is 12.3. The first-order chi connectivity index (χ1) is 9.61. The standard InChI is InChI=1S/C16H21NO3/c1-3-10-20-14-6-4-13(5-7-14)16(19)17-9-8-12(2)15(18)11-17/h3-7,12,15,18H,1,8-11H2,2H3. The summed E-state index contributed by atoms with van der Waals surface area (Å²) < 4.78 is 5.38. The van der Waals surface area contributed by atoms with E-state index in [0.717, 1.165) is 6.42 Å². The van der Waals surface area contributed by atoms with Gasteiger partial charge in [-0.05, 0) is 36.6 Å². The molecule has 1 heterocycles. The van der Waals surface area contributed by atoms with Gasteiger partial charge >= 0.3 is 0 Å². The number of ether oxygens (including phenoxy) is 1. The van der Waals surface area contributed by atoms with Crippen LogP contribution in [0, 0.1) is 5.92 Å². The van der Waals surface area contributed by atoms with Crippen LogP contribution >= 0.6 is 0 Å². The summed E-state index contributed by atoms with van der Waals surface area (Å²) in [6, 6.07) is 7.07. The number of amides is 1. The van der Waals surface area contributed by atoms with E-state index in [4.69, 9.17) is 4.74 Å². The Hall–Kier alpha value is -1.81. The number of β-amino-alcohol motifs (C(OH)–C–C–N with tert-alkyl or cyclic N) is 1. The molecule has 0 bridgehead atoms. The molecule has 20 heavy (non-hydrogen) atoms. The minimum atomic E-state index is -0.428. The zero-order valence-corrected chi connectivity index (χ0v) is 11.8. The van der Waals surface area contributed by atoms with Crippen molar-refractivity contribution in [3.63, 3.8) is 0 Å². The molecule has 0 radical (unpaired) electrons. The maximum Gasteiger partial charge on any atom is 0.253 e. The monoisotopic (exact) mass is 275 g/mol. The van der Waals surface area contributed by atoms with E-state index in [1.807, 2.05) is 6.92 Å². The number of carbonyl (C=O) groups is 1. The molecule has 2 rings (SSSR count). The van der Waals surface area contributed by atoms with Crippen molar-refractivity contribution >= 4 is 5.91 Å². The fourth-order valence-corrected chi connectivity index (χ4v) is 2.26. The van der Waals surface area contributed by atoms with Gasteiger partial charge in [0.05, 0.1) is 6.10 Å². The van der Waals surface area contributed by atoms with Crippen molar-refractivity contribution in [2.24, 2.45) is 5.92 Å². The highest BCUT2D eigenvalue weighted by Crippen LogP contribution is 2.20. The number of aliphatic hydroxyl groups excluding tert-OH is 1. The second-order valence-electron chi connectivity index (χ2n) is 5.21. The molecular weight excluding hydrogens is 254 g/mol. The van der Waals surface area contributed by atoms with E-state index in [0.29, 0.717) is 31.0 Å². The molecule has 1 aromatic carbocycles. The van der Waals surface area contributed by atoms with Crippen molar-refractivity contribution < 1.29 is 14.6 Å². The molecule has 1 saturated heterocycles. The summed E-state index contributed by atoms with van der Waals surface area (Å²) >= 11 is 0. The van der Waals surface area contributed by atoms with Crippen molar-refractivity contribution in [1.82, 2.24) is 4.90 Å². The van der Waals surface area contributed by atoms with Gasteiger partial charge in [-0.15, -0.1) is 0 Å². The summed E-state index contributed by atoms with van der Waals surface area (Å²) in [6.45, 7) is 7.16. The average molecular weight is 275 g/mol. The van der Waals surface area contributed by atoms with Crippen molar-refractivity contribution in [2.75, 3.05) is 19.7 Å². The Bertz CT molecular complexity index is 469. The first kappa shape index (κ1) is 14.6. The van der Waals surface area contributed by atoms with E-state index in [9.17, 15) is 9.90 Å². The number of nitrogens with zero attached hydrogens (tertiary/aromatic N) is 1. The van der Waals surface area contributed by atoms with Crippen molar-refractivity contribution in [2.45, 2.75) is 19.4 Å². The second kappa shape index (κ2) is 6.57. The first-order valence-electron chi connectivity index (χ1n) is 6.93. The number of rotatable bonds is 4. The lowest BCUT2D eigenvalue weighted by Gasteiger charge is -2.34. The number of likely N-dealkylation sites (tertiary alicyclic amines) is 1. The first-order valence-corrected chi connectivity index (χ1v) is 6.93. The molecule has 1 aliphatic heterocycles. The molecule has 2 atom stereocenters. The van der Waals surface area contributed by atoms with E-state index >= 15 is 0 Å². The third kappa shape index (κ3) is 3.39. The number of aliphatic hydroxyl groups is 1. The quantitative estimate of drug-likeness (QED) is 0.856. The van der Waals surface area contributed by atoms with E-state index < -0.39 is 6.10 Å². The lowest BCUT2D eigenvalue weighted by Crippen LogP contribution is -2.45. The summed E-state index contributed by atoms with van der Waals surface area (Å²) in [5, 5.41) is 9.86. The van der Waals surface area contributed by atoms with Crippen LogP contribution in [0.15, 0.2) is 36.9 Å². The fourth-order valence-electron chi connectivity index (χ4n) is 2.26. The van der Waals surface area contributed by atoms with E-state index in [1.165, 1.54) is 0 Å². The fraction of sp³-hybridized carbons (Fsp3) is 0.438. The van der Waals surface area contributed by atoms with E-state index in [-0.39, 0.29) is 11.8 Å². The molecule has 2 unspecified atom stereocenters. The Morgan fingerprint density at radius 2 is 2.20 bits per heavy atom. The van der Waals surface area contributed by atoms with Gasteiger partial charge in [0.15, 0.2) is 0 Å². The topological polar surface area (TPSA) is 49.8 Å². The van der Waals surface area contributed by atoms with Crippen LogP contribution in [0.5, 0.6) is 5.75 Å². The van der Waals surface area contributed by atoms with Gasteiger partial charge in [0, 0.05) is 18.7 Å². The van der Waals surface area contributed by atoms with Crippen molar-refractivity contribution in [3.8, 4) is 5.75 Å². The molecule has 0 aromatic heterocycles. The van der Waals surface area contributed by atoms with Crippen LogP contribution in [-0.4, -0.2) is 41.7 Å². The number of hydrogen-bond donors (Lipinski definition) is 1. The third-order valence-electron chi connectivity index (χ3n) is 3.67. The van der Waals surface area contributed by atoms with Crippen LogP contribution in [0.1, 0.15) is 23.7 Å². The van der Waals surface area contributed by atoms with Crippen LogP contribution in [-0.2, 0) is 0 Å². The lowest BCUT2D eigenvalue weighted by molar-refractivity contribution is 0.0248. The number of hydrogen-bond acceptors (Lipinski definition) is 3. The molecule has 4 nitrogen and oxygen atoms in total. The number of piperidine rings is 1. The van der Waals surface area contributed by atoms with Crippen LogP contribution in [0.4, 0.5) is 0 Å². The van der Waals surface area contributed by atoms with Gasteiger partial charge in [0.25, 0.3) is 5.91 Å². The maximum atomic E-state index is 12.3. The summed E-state index contributed by atoms with van der Waals surface area (Å²) in [6.07, 6.45) is 2.09. The normalized spacial score (nSPS) is 22.4. The van der Waals surface area contributed by atoms with Crippen LogP contribution in [0.25, 0.3) is 0 Å². The highest BCUT2D eigenvalue weighted by Gasteiger charge is 2.27. The van der Waals surface area contributed by atoms with Crippen molar-refractivity contribution in [3.05, 3.63) is 42.5 Å². The van der Waals surface area contributed by atoms with Crippen LogP contribution < -0.4 is 4.74 Å². The predicted octanol–water partition coefficient (Wildman–Crippen LogP) is 2.09. The molecule has 4 heteroatoms. The molecule has 1 N–H and O–H groups in total. The minimum absolute atomic E-state index is 0.0359. The highest BCUT2D eigenvalue weighted by atomic mass is 16.5. The van der Waals surface area contributed by atoms with Gasteiger partial charge in [0.1, 0.15) is 12.4 Å². The Kier molecular flexibility index (Phi) is 4.79. The largest absolute Gasteiger partial charge is 0.490 e. The molecule has 1 aromatic rings. The number of benzene rings is 1. The molecule has 1 aliphatic rings. The third-order valence-corrected chi connectivity index (χ3v) is 3.67. The average Bonchev–Trinajstić information content (AvgIpc) is 2.48. The molecule has 108 valence electrons. The molecule has 1 amide bonds. The Balaban J connectivity index is 2.00. The minimum Gasteiger partial charge on any atom is -0.490 e. The lowest BCUT2D eigenvalue weighted by atomic mass is 9.95. The Morgan fingerprint density at radius 1 is 1.50 bits per heavy atom. The van der Waals surface area contributed by atoms with Crippen molar-refractivity contribution in [1.29, 1.82) is 0 Å². The summed E-state index contributed by atoms with van der Waals surface area (Å²) in [5.41, 5.74) is 0.623. The van der Waals surface area contributed by atoms with Gasteiger partial charge in [-0.3, -0.25) is 4.79 Å². The van der Waals surface area contributed by atoms with E-state index in [1.54, 1.807) is 35.2 Å². The molecule has 0 spiro atoms. The van der Waals surface area contributed by atoms with E-state index in [2.05, 4.69) is 6.58 Å². The smallest absolute Gasteiger partial charge is 0.253 e.